The molecule has 0 saturated heterocycles. The van der Waals surface area contributed by atoms with Crippen LogP contribution >= 0.6 is 23.7 Å². The molecule has 0 aliphatic heterocycles. The zero-order valence-corrected chi connectivity index (χ0v) is 15.3. The summed E-state index contributed by atoms with van der Waals surface area (Å²) < 4.78 is 37.7. The molecule has 25 heavy (non-hydrogen) atoms. The predicted octanol–water partition coefficient (Wildman–Crippen LogP) is 3.85. The molecule has 138 valence electrons. The van der Waals surface area contributed by atoms with Gasteiger partial charge in [0.05, 0.1) is 23.8 Å². The number of thiazole rings is 1. The third-order valence-electron chi connectivity index (χ3n) is 3.48. The number of benzene rings is 1. The standard InChI is InChI=1S/C16H18F3N3OS.ClH/c1-9(2)13(20)14(23)21-7-12-8-24-15(22-12)10-3-5-11(6-4-10)16(17,18)19;/h3-6,8-9,13H,7,20H2,1-2H3,(H,21,23);1H/t13-;/m0./s1. The van der Waals surface area contributed by atoms with E-state index in [1.54, 1.807) is 5.38 Å². The number of hydrogen-bond acceptors (Lipinski definition) is 4. The third kappa shape index (κ3) is 5.69. The molecule has 0 radical (unpaired) electrons. The van der Waals surface area contributed by atoms with Crippen molar-refractivity contribution in [2.45, 2.75) is 32.6 Å². The van der Waals surface area contributed by atoms with Crippen LogP contribution in [-0.2, 0) is 17.5 Å². The van der Waals surface area contributed by atoms with Gasteiger partial charge in [0.2, 0.25) is 5.91 Å². The highest BCUT2D eigenvalue weighted by atomic mass is 35.5. The molecule has 0 aliphatic rings. The molecule has 0 unspecified atom stereocenters. The van der Waals surface area contributed by atoms with Crippen molar-refractivity contribution in [3.63, 3.8) is 0 Å². The minimum absolute atomic E-state index is 0. The minimum Gasteiger partial charge on any atom is -0.349 e. The van der Waals surface area contributed by atoms with Gasteiger partial charge in [-0.2, -0.15) is 13.2 Å². The van der Waals surface area contributed by atoms with Gasteiger partial charge in [0.25, 0.3) is 0 Å². The van der Waals surface area contributed by atoms with Gasteiger partial charge in [-0.15, -0.1) is 23.7 Å². The first-order valence-electron chi connectivity index (χ1n) is 7.34. The SMILES string of the molecule is CC(C)[C@H](N)C(=O)NCc1csc(-c2ccc(C(F)(F)F)cc2)n1.Cl. The molecule has 3 N–H and O–H groups in total. The van der Waals surface area contributed by atoms with Crippen LogP contribution in [-0.4, -0.2) is 16.9 Å². The number of hydrogen-bond donors (Lipinski definition) is 2. The molecule has 0 spiro atoms. The summed E-state index contributed by atoms with van der Waals surface area (Å²) in [6.45, 7) is 3.95. The van der Waals surface area contributed by atoms with Gasteiger partial charge < -0.3 is 11.1 Å². The quantitative estimate of drug-likeness (QED) is 0.810. The Morgan fingerprint density at radius 1 is 1.28 bits per heavy atom. The van der Waals surface area contributed by atoms with Gasteiger partial charge in [0, 0.05) is 10.9 Å². The lowest BCUT2D eigenvalue weighted by Crippen LogP contribution is -2.43. The van der Waals surface area contributed by atoms with Gasteiger partial charge in [-0.1, -0.05) is 26.0 Å². The molecule has 1 atom stereocenters. The van der Waals surface area contributed by atoms with Crippen molar-refractivity contribution in [3.05, 3.63) is 40.9 Å². The highest BCUT2D eigenvalue weighted by Crippen LogP contribution is 2.31. The molecule has 1 amide bonds. The maximum absolute atomic E-state index is 12.6. The molecule has 0 saturated carbocycles. The van der Waals surface area contributed by atoms with Crippen LogP contribution in [0.3, 0.4) is 0 Å². The van der Waals surface area contributed by atoms with Crippen LogP contribution < -0.4 is 11.1 Å². The number of rotatable bonds is 5. The van der Waals surface area contributed by atoms with Crippen molar-refractivity contribution in [1.82, 2.24) is 10.3 Å². The van der Waals surface area contributed by atoms with E-state index in [1.807, 2.05) is 13.8 Å². The van der Waals surface area contributed by atoms with E-state index in [0.29, 0.717) is 16.3 Å². The van der Waals surface area contributed by atoms with Crippen LogP contribution in [0.4, 0.5) is 13.2 Å². The first-order chi connectivity index (χ1) is 11.2. The second-order valence-electron chi connectivity index (χ2n) is 5.71. The summed E-state index contributed by atoms with van der Waals surface area (Å²) in [6, 6.07) is 4.25. The number of carbonyl (C=O) groups is 1. The number of halogens is 4. The summed E-state index contributed by atoms with van der Waals surface area (Å²) in [5.41, 5.74) is 6.29. The predicted molar refractivity (Wildman–Crippen MR) is 94.5 cm³/mol. The lowest BCUT2D eigenvalue weighted by molar-refractivity contribution is -0.137. The summed E-state index contributed by atoms with van der Waals surface area (Å²) in [7, 11) is 0. The van der Waals surface area contributed by atoms with Crippen molar-refractivity contribution in [3.8, 4) is 10.6 Å². The third-order valence-corrected chi connectivity index (χ3v) is 4.42. The fourth-order valence-corrected chi connectivity index (χ4v) is 2.75. The Morgan fingerprint density at radius 3 is 2.40 bits per heavy atom. The van der Waals surface area contributed by atoms with Gasteiger partial charge in [0.15, 0.2) is 0 Å². The Balaban J connectivity index is 0.00000312. The fourth-order valence-electron chi connectivity index (χ4n) is 1.92. The van der Waals surface area contributed by atoms with Crippen molar-refractivity contribution in [2.24, 2.45) is 11.7 Å². The summed E-state index contributed by atoms with van der Waals surface area (Å²) in [5.74, 6) is -0.225. The highest BCUT2D eigenvalue weighted by Gasteiger charge is 2.30. The van der Waals surface area contributed by atoms with E-state index >= 15 is 0 Å². The number of nitrogens with one attached hydrogen (secondary N) is 1. The zero-order chi connectivity index (χ0) is 17.9. The van der Waals surface area contributed by atoms with Gasteiger partial charge >= 0.3 is 6.18 Å². The first-order valence-corrected chi connectivity index (χ1v) is 8.21. The van der Waals surface area contributed by atoms with Crippen LogP contribution in [0.1, 0.15) is 25.1 Å². The molecule has 2 rings (SSSR count). The Bertz CT molecular complexity index is 701. The van der Waals surface area contributed by atoms with E-state index in [-0.39, 0.29) is 30.8 Å². The van der Waals surface area contributed by atoms with Gasteiger partial charge in [-0.3, -0.25) is 4.79 Å². The van der Waals surface area contributed by atoms with Gasteiger partial charge in [-0.25, -0.2) is 4.98 Å². The van der Waals surface area contributed by atoms with E-state index in [2.05, 4.69) is 10.3 Å². The van der Waals surface area contributed by atoms with Crippen LogP contribution in [0, 0.1) is 5.92 Å². The zero-order valence-electron chi connectivity index (χ0n) is 13.6. The van der Waals surface area contributed by atoms with Crippen LogP contribution in [0.15, 0.2) is 29.6 Å². The molecule has 0 bridgehead atoms. The van der Waals surface area contributed by atoms with Crippen LogP contribution in [0.5, 0.6) is 0 Å². The van der Waals surface area contributed by atoms with Crippen molar-refractivity contribution in [1.29, 1.82) is 0 Å². The maximum Gasteiger partial charge on any atom is 0.416 e. The smallest absolute Gasteiger partial charge is 0.349 e. The van der Waals surface area contributed by atoms with E-state index in [0.717, 1.165) is 12.1 Å². The van der Waals surface area contributed by atoms with Crippen LogP contribution in [0.25, 0.3) is 10.6 Å². The van der Waals surface area contributed by atoms with Crippen molar-refractivity contribution in [2.75, 3.05) is 0 Å². The maximum atomic E-state index is 12.6. The highest BCUT2D eigenvalue weighted by molar-refractivity contribution is 7.13. The van der Waals surface area contributed by atoms with E-state index in [1.165, 1.54) is 23.5 Å². The summed E-state index contributed by atoms with van der Waals surface area (Å²) in [4.78, 5) is 16.1. The van der Waals surface area contributed by atoms with E-state index in [4.69, 9.17) is 5.73 Å². The Kier molecular flexibility index (Phi) is 7.40. The van der Waals surface area contributed by atoms with Gasteiger partial charge in [0.1, 0.15) is 5.01 Å². The lowest BCUT2D eigenvalue weighted by Gasteiger charge is -2.14. The summed E-state index contributed by atoms with van der Waals surface area (Å²) in [6.07, 6.45) is -4.36. The monoisotopic (exact) mass is 393 g/mol. The van der Waals surface area contributed by atoms with Crippen molar-refractivity contribution < 1.29 is 18.0 Å². The molecule has 2 aromatic rings. The lowest BCUT2D eigenvalue weighted by atomic mass is 10.1. The summed E-state index contributed by atoms with van der Waals surface area (Å²) >= 11 is 1.31. The topological polar surface area (TPSA) is 68.0 Å². The average molecular weight is 394 g/mol. The number of nitrogens with two attached hydrogens (primary N) is 1. The molecule has 1 heterocycles. The average Bonchev–Trinajstić information content (AvgIpc) is 3.00. The summed E-state index contributed by atoms with van der Waals surface area (Å²) in [5, 5.41) is 5.06. The second-order valence-corrected chi connectivity index (χ2v) is 6.56. The Morgan fingerprint density at radius 2 is 1.88 bits per heavy atom. The van der Waals surface area contributed by atoms with E-state index < -0.39 is 17.8 Å². The number of carbonyl (C=O) groups excluding carboxylic acids is 1. The molecular formula is C16H19ClF3N3OS. The van der Waals surface area contributed by atoms with E-state index in [9.17, 15) is 18.0 Å². The van der Waals surface area contributed by atoms with Crippen molar-refractivity contribution >= 4 is 29.7 Å². The fraction of sp³-hybridized carbons (Fsp3) is 0.375. The van der Waals surface area contributed by atoms with Gasteiger partial charge in [-0.05, 0) is 18.1 Å². The normalized spacial score (nSPS) is 12.6. The van der Waals surface area contributed by atoms with Crippen LogP contribution in [0.2, 0.25) is 0 Å². The molecule has 4 nitrogen and oxygen atoms in total. The number of aromatic nitrogens is 1. The molecular weight excluding hydrogens is 375 g/mol. The number of nitrogens with zero attached hydrogens (tertiary/aromatic N) is 1. The Hall–Kier alpha value is -1.64. The first kappa shape index (κ1) is 21.4. The molecule has 0 fully saturated rings. The number of alkyl halides is 3. The second kappa shape index (κ2) is 8.64. The molecule has 9 heteroatoms. The molecule has 1 aromatic carbocycles. The Labute approximate surface area is 154 Å². The molecule has 1 aromatic heterocycles. The largest absolute Gasteiger partial charge is 0.416 e. The number of amides is 1. The molecule has 0 aliphatic carbocycles. The minimum atomic E-state index is -4.36.